The summed E-state index contributed by atoms with van der Waals surface area (Å²) in [5.41, 5.74) is 10.8. The van der Waals surface area contributed by atoms with Crippen LogP contribution in [0.15, 0.2) is 72.8 Å². The lowest BCUT2D eigenvalue weighted by atomic mass is 10.1. The number of nitrogens with two attached hydrogens (primary N) is 1. The van der Waals surface area contributed by atoms with Gasteiger partial charge >= 0.3 is 6.01 Å². The highest BCUT2D eigenvalue weighted by atomic mass is 16.5. The molecule has 0 saturated heterocycles. The molecule has 0 amide bonds. The molecule has 4 aromatic rings. The van der Waals surface area contributed by atoms with E-state index in [2.05, 4.69) is 29.1 Å². The fourth-order valence-corrected chi connectivity index (χ4v) is 3.13. The normalized spacial score (nSPS) is 10.7. The maximum absolute atomic E-state index is 5.97. The van der Waals surface area contributed by atoms with E-state index in [9.17, 15) is 0 Å². The first-order chi connectivity index (χ1) is 14.6. The molecule has 0 spiro atoms. The van der Waals surface area contributed by atoms with Gasteiger partial charge in [0.2, 0.25) is 0 Å². The van der Waals surface area contributed by atoms with Crippen LogP contribution in [0.2, 0.25) is 0 Å². The largest absolute Gasteiger partial charge is 0.497 e. The number of nitrogens with zero attached hydrogens (tertiary/aromatic N) is 3. The molecule has 0 aliphatic carbocycles. The Morgan fingerprint density at radius 3 is 2.43 bits per heavy atom. The van der Waals surface area contributed by atoms with Crippen molar-refractivity contribution in [2.75, 3.05) is 19.5 Å². The third-order valence-corrected chi connectivity index (χ3v) is 4.79. The average Bonchev–Trinajstić information content (AvgIpc) is 3.19. The predicted molar refractivity (Wildman–Crippen MR) is 118 cm³/mol. The lowest BCUT2D eigenvalue weighted by molar-refractivity contribution is 0.296. The smallest absolute Gasteiger partial charge is 0.336 e. The lowest BCUT2D eigenvalue weighted by Crippen LogP contribution is -2.03. The fourth-order valence-electron chi connectivity index (χ4n) is 3.13. The summed E-state index contributed by atoms with van der Waals surface area (Å²) >= 11 is 0. The van der Waals surface area contributed by atoms with Gasteiger partial charge in [0.25, 0.3) is 0 Å². The number of methoxy groups -OCH3 is 1. The third kappa shape index (κ3) is 4.43. The lowest BCUT2D eigenvalue weighted by Gasteiger charge is -2.06. The number of hydrogen-bond donors (Lipinski definition) is 1. The summed E-state index contributed by atoms with van der Waals surface area (Å²) in [5, 5.41) is 4.59. The number of hydrogen-bond acceptors (Lipinski definition) is 5. The third-order valence-electron chi connectivity index (χ3n) is 4.79. The highest BCUT2D eigenvalue weighted by Gasteiger charge is 2.15. The number of aryl methyl sites for hydroxylation is 1. The van der Waals surface area contributed by atoms with Crippen LogP contribution in [0.5, 0.6) is 11.8 Å². The number of nitrogen functional groups attached to an aromatic ring is 1. The van der Waals surface area contributed by atoms with Crippen LogP contribution in [0.1, 0.15) is 11.1 Å². The van der Waals surface area contributed by atoms with E-state index in [1.807, 2.05) is 60.7 Å². The summed E-state index contributed by atoms with van der Waals surface area (Å²) in [7, 11) is 1.66. The topological polar surface area (TPSA) is 75.2 Å². The number of ether oxygens (including phenoxy) is 2. The average molecular weight is 400 g/mol. The summed E-state index contributed by atoms with van der Waals surface area (Å²) in [6, 6.07) is 24.0. The van der Waals surface area contributed by atoms with Crippen molar-refractivity contribution in [2.24, 2.45) is 0 Å². The number of anilines is 1. The van der Waals surface area contributed by atoms with Crippen LogP contribution in [-0.2, 0) is 6.42 Å². The van der Waals surface area contributed by atoms with Gasteiger partial charge in [-0.05, 0) is 42.8 Å². The van der Waals surface area contributed by atoms with E-state index in [1.165, 1.54) is 5.56 Å². The standard InChI is InChI=1S/C24H24N4O2/c1-17-6-10-19(11-7-17)23-26-24(27-28(23)21-5-3-4-20(25)16-21)30-15-14-18-8-12-22(29-2)13-9-18/h3-13,16H,14-15,25H2,1-2H3. The second-order valence-electron chi connectivity index (χ2n) is 7.04. The summed E-state index contributed by atoms with van der Waals surface area (Å²) in [6.07, 6.45) is 0.747. The van der Waals surface area contributed by atoms with E-state index in [0.717, 1.165) is 29.0 Å². The highest BCUT2D eigenvalue weighted by Crippen LogP contribution is 2.25. The van der Waals surface area contributed by atoms with E-state index in [-0.39, 0.29) is 0 Å². The quantitative estimate of drug-likeness (QED) is 0.464. The van der Waals surface area contributed by atoms with Gasteiger partial charge in [-0.15, -0.1) is 5.10 Å². The van der Waals surface area contributed by atoms with Crippen molar-refractivity contribution in [1.29, 1.82) is 0 Å². The molecule has 0 atom stereocenters. The summed E-state index contributed by atoms with van der Waals surface area (Å²) in [6.45, 7) is 2.53. The van der Waals surface area contributed by atoms with Gasteiger partial charge in [-0.3, -0.25) is 0 Å². The Kier molecular flexibility index (Phi) is 5.66. The highest BCUT2D eigenvalue weighted by molar-refractivity contribution is 5.60. The molecule has 6 nitrogen and oxygen atoms in total. The number of rotatable bonds is 7. The molecule has 0 fully saturated rings. The van der Waals surface area contributed by atoms with Gasteiger partial charge in [-0.25, -0.2) is 4.68 Å². The van der Waals surface area contributed by atoms with E-state index < -0.39 is 0 Å². The van der Waals surface area contributed by atoms with Gasteiger partial charge in [-0.2, -0.15) is 4.98 Å². The number of benzene rings is 3. The van der Waals surface area contributed by atoms with Gasteiger partial charge in [-0.1, -0.05) is 48.0 Å². The van der Waals surface area contributed by atoms with Crippen molar-refractivity contribution in [3.8, 4) is 28.8 Å². The van der Waals surface area contributed by atoms with E-state index in [0.29, 0.717) is 24.1 Å². The van der Waals surface area contributed by atoms with Crippen molar-refractivity contribution in [1.82, 2.24) is 14.8 Å². The molecule has 6 heteroatoms. The molecular formula is C24H24N4O2. The second kappa shape index (κ2) is 8.69. The van der Waals surface area contributed by atoms with Crippen molar-refractivity contribution < 1.29 is 9.47 Å². The van der Waals surface area contributed by atoms with Gasteiger partial charge in [0.05, 0.1) is 19.4 Å². The zero-order valence-electron chi connectivity index (χ0n) is 17.1. The maximum atomic E-state index is 5.97. The van der Waals surface area contributed by atoms with Gasteiger partial charge in [0.1, 0.15) is 5.75 Å². The maximum Gasteiger partial charge on any atom is 0.336 e. The molecular weight excluding hydrogens is 376 g/mol. The van der Waals surface area contributed by atoms with E-state index >= 15 is 0 Å². The Balaban J connectivity index is 1.57. The molecule has 0 aliphatic rings. The molecule has 0 aliphatic heterocycles. The van der Waals surface area contributed by atoms with E-state index in [4.69, 9.17) is 15.2 Å². The van der Waals surface area contributed by atoms with Crippen LogP contribution >= 0.6 is 0 Å². The fraction of sp³-hybridized carbons (Fsp3) is 0.167. The van der Waals surface area contributed by atoms with Gasteiger partial charge < -0.3 is 15.2 Å². The predicted octanol–water partition coefficient (Wildman–Crippen LogP) is 4.46. The summed E-state index contributed by atoms with van der Waals surface area (Å²) < 4.78 is 12.8. The van der Waals surface area contributed by atoms with Crippen LogP contribution in [0.25, 0.3) is 17.1 Å². The Morgan fingerprint density at radius 2 is 1.73 bits per heavy atom. The minimum atomic E-state index is 0.335. The van der Waals surface area contributed by atoms with Crippen LogP contribution < -0.4 is 15.2 Å². The summed E-state index contributed by atoms with van der Waals surface area (Å²) in [4.78, 5) is 4.64. The first kappa shape index (κ1) is 19.5. The van der Waals surface area contributed by atoms with E-state index in [1.54, 1.807) is 11.8 Å². The first-order valence-corrected chi connectivity index (χ1v) is 9.78. The van der Waals surface area contributed by atoms with Crippen LogP contribution in [0, 0.1) is 6.92 Å². The van der Waals surface area contributed by atoms with Gasteiger partial charge in [0.15, 0.2) is 5.82 Å². The minimum absolute atomic E-state index is 0.335. The van der Waals surface area contributed by atoms with Crippen molar-refractivity contribution >= 4 is 5.69 Å². The zero-order valence-corrected chi connectivity index (χ0v) is 17.1. The SMILES string of the molecule is COc1ccc(CCOc2nc(-c3ccc(C)cc3)n(-c3cccc(N)c3)n2)cc1. The first-order valence-electron chi connectivity index (χ1n) is 9.78. The molecule has 0 bridgehead atoms. The van der Waals surface area contributed by atoms with Gasteiger partial charge in [0, 0.05) is 17.7 Å². The molecule has 30 heavy (non-hydrogen) atoms. The Bertz CT molecular complexity index is 1120. The minimum Gasteiger partial charge on any atom is -0.497 e. The molecule has 0 radical (unpaired) electrons. The molecule has 2 N–H and O–H groups in total. The monoisotopic (exact) mass is 400 g/mol. The number of aromatic nitrogens is 3. The molecule has 0 unspecified atom stereocenters. The van der Waals surface area contributed by atoms with Crippen molar-refractivity contribution in [3.05, 3.63) is 83.9 Å². The van der Waals surface area contributed by atoms with Crippen molar-refractivity contribution in [2.45, 2.75) is 13.3 Å². The molecule has 1 aromatic heterocycles. The Morgan fingerprint density at radius 1 is 0.967 bits per heavy atom. The molecule has 1 heterocycles. The molecule has 0 saturated carbocycles. The van der Waals surface area contributed by atoms with Crippen LogP contribution in [0.3, 0.4) is 0 Å². The molecule has 4 rings (SSSR count). The van der Waals surface area contributed by atoms with Crippen molar-refractivity contribution in [3.63, 3.8) is 0 Å². The van der Waals surface area contributed by atoms with Crippen LogP contribution in [-0.4, -0.2) is 28.5 Å². The molecule has 3 aromatic carbocycles. The Labute approximate surface area is 175 Å². The summed E-state index contributed by atoms with van der Waals surface area (Å²) in [5.74, 6) is 1.55. The zero-order chi connectivity index (χ0) is 20.9. The Hall–Kier alpha value is -3.80. The van der Waals surface area contributed by atoms with Crippen LogP contribution in [0.4, 0.5) is 5.69 Å². The second-order valence-corrected chi connectivity index (χ2v) is 7.04. The molecule has 152 valence electrons.